The van der Waals surface area contributed by atoms with Crippen molar-refractivity contribution in [2.24, 2.45) is 0 Å². The number of anilines is 2. The van der Waals surface area contributed by atoms with Crippen molar-refractivity contribution >= 4 is 33.0 Å². The van der Waals surface area contributed by atoms with Gasteiger partial charge in [-0.3, -0.25) is 9.59 Å². The van der Waals surface area contributed by atoms with Crippen LogP contribution in [-0.4, -0.2) is 26.0 Å². The Bertz CT molecular complexity index is 966. The zero-order chi connectivity index (χ0) is 18.9. The van der Waals surface area contributed by atoms with Crippen LogP contribution in [0.5, 0.6) is 0 Å². The summed E-state index contributed by atoms with van der Waals surface area (Å²) in [6.45, 7) is 3.96. The Morgan fingerprint density at radius 1 is 1.15 bits per heavy atom. The standard InChI is InChI=1S/C19H20N2O4S/c1-19(2,13-6-4-3-5-7-13)11-17(22)20-14-8-9-15-16(10-14)26(24,25)12-18(23)21-15/h3-10H,11-12H2,1-2H3,(H,20,22)(H,21,23). The number of hydrogen-bond donors (Lipinski definition) is 2. The molecule has 2 aromatic carbocycles. The lowest BCUT2D eigenvalue weighted by atomic mass is 9.81. The number of fused-ring (bicyclic) bond motifs is 1. The molecule has 0 saturated heterocycles. The fraction of sp³-hybridized carbons (Fsp3) is 0.263. The number of benzene rings is 2. The van der Waals surface area contributed by atoms with E-state index in [1.54, 1.807) is 6.07 Å². The average Bonchev–Trinajstić information content (AvgIpc) is 2.55. The molecule has 7 heteroatoms. The molecule has 0 atom stereocenters. The first kappa shape index (κ1) is 18.1. The molecule has 26 heavy (non-hydrogen) atoms. The van der Waals surface area contributed by atoms with Gasteiger partial charge in [-0.1, -0.05) is 44.2 Å². The third-order valence-corrected chi connectivity index (χ3v) is 6.00. The van der Waals surface area contributed by atoms with Crippen LogP contribution in [0.2, 0.25) is 0 Å². The fourth-order valence-electron chi connectivity index (χ4n) is 3.00. The van der Waals surface area contributed by atoms with E-state index in [0.29, 0.717) is 5.69 Å². The first-order chi connectivity index (χ1) is 12.2. The molecular formula is C19H20N2O4S. The number of rotatable bonds is 4. The molecule has 136 valence electrons. The molecule has 1 heterocycles. The molecule has 3 rings (SSSR count). The van der Waals surface area contributed by atoms with Crippen molar-refractivity contribution in [1.82, 2.24) is 0 Å². The van der Waals surface area contributed by atoms with Gasteiger partial charge in [0.2, 0.25) is 11.8 Å². The zero-order valence-corrected chi connectivity index (χ0v) is 15.4. The second-order valence-electron chi connectivity index (χ2n) is 6.99. The normalized spacial score (nSPS) is 15.7. The molecule has 1 aliphatic heterocycles. The number of hydrogen-bond acceptors (Lipinski definition) is 4. The third-order valence-electron chi connectivity index (χ3n) is 4.35. The maximum atomic E-state index is 12.5. The monoisotopic (exact) mass is 372 g/mol. The minimum absolute atomic E-state index is 0.0252. The van der Waals surface area contributed by atoms with Crippen LogP contribution in [0.4, 0.5) is 11.4 Å². The lowest BCUT2D eigenvalue weighted by Crippen LogP contribution is -2.29. The molecule has 0 bridgehead atoms. The quantitative estimate of drug-likeness (QED) is 0.863. The highest BCUT2D eigenvalue weighted by atomic mass is 32.2. The van der Waals surface area contributed by atoms with E-state index in [9.17, 15) is 18.0 Å². The minimum atomic E-state index is -3.69. The summed E-state index contributed by atoms with van der Waals surface area (Å²) in [5, 5.41) is 5.28. The largest absolute Gasteiger partial charge is 0.326 e. The van der Waals surface area contributed by atoms with Gasteiger partial charge in [0, 0.05) is 12.1 Å². The molecular weight excluding hydrogens is 352 g/mol. The van der Waals surface area contributed by atoms with Crippen LogP contribution in [0, 0.1) is 0 Å². The van der Waals surface area contributed by atoms with Gasteiger partial charge in [-0.15, -0.1) is 0 Å². The Kier molecular flexibility index (Phi) is 4.58. The van der Waals surface area contributed by atoms with Gasteiger partial charge in [-0.05, 0) is 29.2 Å². The predicted molar refractivity (Wildman–Crippen MR) is 99.8 cm³/mol. The van der Waals surface area contributed by atoms with Crippen molar-refractivity contribution < 1.29 is 18.0 Å². The van der Waals surface area contributed by atoms with Crippen molar-refractivity contribution in [3.63, 3.8) is 0 Å². The summed E-state index contributed by atoms with van der Waals surface area (Å²) in [6.07, 6.45) is 0.248. The van der Waals surface area contributed by atoms with E-state index in [2.05, 4.69) is 10.6 Å². The molecule has 0 aliphatic carbocycles. The van der Waals surface area contributed by atoms with E-state index in [1.807, 2.05) is 44.2 Å². The van der Waals surface area contributed by atoms with Crippen molar-refractivity contribution in [2.45, 2.75) is 30.6 Å². The van der Waals surface area contributed by atoms with Gasteiger partial charge in [0.15, 0.2) is 9.84 Å². The molecule has 0 saturated carbocycles. The molecule has 0 radical (unpaired) electrons. The van der Waals surface area contributed by atoms with Crippen molar-refractivity contribution in [2.75, 3.05) is 16.4 Å². The summed E-state index contributed by atoms with van der Waals surface area (Å²) in [7, 11) is -3.69. The number of sulfone groups is 1. The number of carbonyl (C=O) groups is 2. The summed E-state index contributed by atoms with van der Waals surface area (Å²) in [6, 6.07) is 14.2. The van der Waals surface area contributed by atoms with Crippen LogP contribution >= 0.6 is 0 Å². The number of carbonyl (C=O) groups excluding carboxylic acids is 2. The highest BCUT2D eigenvalue weighted by Gasteiger charge is 2.29. The second kappa shape index (κ2) is 6.57. The highest BCUT2D eigenvalue weighted by molar-refractivity contribution is 7.92. The zero-order valence-electron chi connectivity index (χ0n) is 14.6. The highest BCUT2D eigenvalue weighted by Crippen LogP contribution is 2.31. The first-order valence-corrected chi connectivity index (χ1v) is 9.85. The maximum Gasteiger partial charge on any atom is 0.239 e. The van der Waals surface area contributed by atoms with Gasteiger partial charge < -0.3 is 10.6 Å². The van der Waals surface area contributed by atoms with E-state index in [-0.39, 0.29) is 28.3 Å². The Hall–Kier alpha value is -2.67. The average molecular weight is 372 g/mol. The molecule has 2 N–H and O–H groups in total. The SMILES string of the molecule is CC(C)(CC(=O)Nc1ccc2c(c1)S(=O)(=O)CC(=O)N2)c1ccccc1. The van der Waals surface area contributed by atoms with E-state index >= 15 is 0 Å². The van der Waals surface area contributed by atoms with Gasteiger partial charge in [0.1, 0.15) is 5.75 Å². The summed E-state index contributed by atoms with van der Waals surface area (Å²) in [5.74, 6) is -1.35. The van der Waals surface area contributed by atoms with Crippen molar-refractivity contribution in [1.29, 1.82) is 0 Å². The number of nitrogens with one attached hydrogen (secondary N) is 2. The Morgan fingerprint density at radius 3 is 2.54 bits per heavy atom. The van der Waals surface area contributed by atoms with Gasteiger partial charge >= 0.3 is 0 Å². The summed E-state index contributed by atoms with van der Waals surface area (Å²) in [5.41, 5.74) is 1.31. The third kappa shape index (κ3) is 3.77. The second-order valence-corrected chi connectivity index (χ2v) is 8.95. The van der Waals surface area contributed by atoms with Gasteiger partial charge in [0.25, 0.3) is 0 Å². The Labute approximate surface area is 152 Å². The summed E-state index contributed by atoms with van der Waals surface area (Å²) >= 11 is 0. The molecule has 0 aromatic heterocycles. The van der Waals surface area contributed by atoms with Crippen LogP contribution in [0.25, 0.3) is 0 Å². The van der Waals surface area contributed by atoms with Crippen LogP contribution in [0.3, 0.4) is 0 Å². The molecule has 0 spiro atoms. The van der Waals surface area contributed by atoms with E-state index < -0.39 is 21.5 Å². The lowest BCUT2D eigenvalue weighted by Gasteiger charge is -2.25. The summed E-state index contributed by atoms with van der Waals surface area (Å²) < 4.78 is 24.3. The molecule has 0 fully saturated rings. The molecule has 2 aromatic rings. The first-order valence-electron chi connectivity index (χ1n) is 8.19. The van der Waals surface area contributed by atoms with Crippen LogP contribution < -0.4 is 10.6 Å². The topological polar surface area (TPSA) is 92.3 Å². The van der Waals surface area contributed by atoms with Gasteiger partial charge in [-0.2, -0.15) is 0 Å². The Morgan fingerprint density at radius 2 is 1.85 bits per heavy atom. The van der Waals surface area contributed by atoms with Gasteiger partial charge in [-0.25, -0.2) is 8.42 Å². The molecule has 6 nitrogen and oxygen atoms in total. The molecule has 0 unspecified atom stereocenters. The van der Waals surface area contributed by atoms with E-state index in [1.165, 1.54) is 12.1 Å². The minimum Gasteiger partial charge on any atom is -0.326 e. The maximum absolute atomic E-state index is 12.5. The fourth-order valence-corrected chi connectivity index (χ4v) is 4.33. The van der Waals surface area contributed by atoms with Crippen LogP contribution in [0.1, 0.15) is 25.8 Å². The summed E-state index contributed by atoms with van der Waals surface area (Å²) in [4.78, 5) is 23.9. The lowest BCUT2D eigenvalue weighted by molar-refractivity contribution is -0.117. The van der Waals surface area contributed by atoms with Crippen LogP contribution in [-0.2, 0) is 24.8 Å². The van der Waals surface area contributed by atoms with E-state index in [0.717, 1.165) is 5.56 Å². The van der Waals surface area contributed by atoms with E-state index in [4.69, 9.17) is 0 Å². The Balaban J connectivity index is 1.78. The predicted octanol–water partition coefficient (Wildman–Crippen LogP) is 2.72. The van der Waals surface area contributed by atoms with Crippen molar-refractivity contribution in [3.05, 3.63) is 54.1 Å². The molecule has 2 amide bonds. The molecule has 1 aliphatic rings. The van der Waals surface area contributed by atoms with Crippen LogP contribution in [0.15, 0.2) is 53.4 Å². The van der Waals surface area contributed by atoms with Crippen molar-refractivity contribution in [3.8, 4) is 0 Å². The smallest absolute Gasteiger partial charge is 0.239 e. The number of amides is 2. The van der Waals surface area contributed by atoms with Gasteiger partial charge in [0.05, 0.1) is 10.6 Å².